The van der Waals surface area contributed by atoms with Crippen LogP contribution in [0.5, 0.6) is 0 Å². The van der Waals surface area contributed by atoms with Crippen molar-refractivity contribution in [3.8, 4) is 0 Å². The van der Waals surface area contributed by atoms with E-state index in [-0.39, 0.29) is 41.9 Å². The van der Waals surface area contributed by atoms with Crippen LogP contribution in [0.15, 0.2) is 40.2 Å². The van der Waals surface area contributed by atoms with Gasteiger partial charge in [0.05, 0.1) is 23.7 Å². The highest BCUT2D eigenvalue weighted by Gasteiger charge is 2.29. The van der Waals surface area contributed by atoms with Crippen LogP contribution in [0.25, 0.3) is 11.2 Å². The second-order valence-electron chi connectivity index (χ2n) is 7.99. The Hall–Kier alpha value is -3.96. The summed E-state index contributed by atoms with van der Waals surface area (Å²) in [6.45, 7) is 1.31. The van der Waals surface area contributed by atoms with Gasteiger partial charge in [-0.15, -0.1) is 0 Å². The van der Waals surface area contributed by atoms with Gasteiger partial charge in [0.25, 0.3) is 11.2 Å². The fourth-order valence-corrected chi connectivity index (χ4v) is 4.17. The van der Waals surface area contributed by atoms with Gasteiger partial charge in [-0.05, 0) is 18.9 Å². The van der Waals surface area contributed by atoms with Crippen LogP contribution in [0.1, 0.15) is 12.8 Å². The number of imidazole rings is 1. The summed E-state index contributed by atoms with van der Waals surface area (Å²) in [7, 11) is 2.94. The number of hydrogen-bond donors (Lipinski definition) is 0. The number of nitrogens with zero attached hydrogens (tertiary/aromatic N) is 6. The molecule has 0 unspecified atom stereocenters. The van der Waals surface area contributed by atoms with Crippen LogP contribution in [0.2, 0.25) is 0 Å². The van der Waals surface area contributed by atoms with Crippen molar-refractivity contribution in [2.75, 3.05) is 24.6 Å². The third kappa shape index (κ3) is 4.11. The number of para-hydroxylation sites is 2. The molecule has 1 fully saturated rings. The van der Waals surface area contributed by atoms with E-state index in [0.717, 1.165) is 4.57 Å². The van der Waals surface area contributed by atoms with E-state index in [1.807, 2.05) is 4.90 Å². The SMILES string of the molecule is Cn1c(=O)c2c(ncn2CCOC(=O)C2CCN(c3ccccc3[N+](=O)[O-])CC2)n(C)c1=O. The second kappa shape index (κ2) is 8.88. The average molecular weight is 456 g/mol. The van der Waals surface area contributed by atoms with Crippen molar-refractivity contribution >= 4 is 28.5 Å². The first-order chi connectivity index (χ1) is 15.8. The van der Waals surface area contributed by atoms with Crippen LogP contribution in [-0.2, 0) is 30.2 Å². The van der Waals surface area contributed by atoms with Crippen molar-refractivity contribution in [1.82, 2.24) is 18.7 Å². The first-order valence-corrected chi connectivity index (χ1v) is 10.6. The van der Waals surface area contributed by atoms with E-state index in [1.165, 1.54) is 31.1 Å². The molecule has 1 aliphatic heterocycles. The molecule has 0 aliphatic carbocycles. The highest BCUT2D eigenvalue weighted by atomic mass is 16.6. The normalized spacial score (nSPS) is 14.5. The minimum Gasteiger partial charge on any atom is -0.464 e. The van der Waals surface area contributed by atoms with Crippen LogP contribution in [-0.4, -0.2) is 49.3 Å². The van der Waals surface area contributed by atoms with E-state index >= 15 is 0 Å². The molecule has 33 heavy (non-hydrogen) atoms. The summed E-state index contributed by atoms with van der Waals surface area (Å²) in [5, 5.41) is 11.3. The number of esters is 1. The van der Waals surface area contributed by atoms with Gasteiger partial charge < -0.3 is 14.2 Å². The lowest BCUT2D eigenvalue weighted by Crippen LogP contribution is -2.38. The lowest BCUT2D eigenvalue weighted by atomic mass is 9.96. The Labute approximate surface area is 187 Å². The minimum atomic E-state index is -0.462. The summed E-state index contributed by atoms with van der Waals surface area (Å²) in [6, 6.07) is 6.57. The van der Waals surface area contributed by atoms with E-state index in [9.17, 15) is 24.5 Å². The summed E-state index contributed by atoms with van der Waals surface area (Å²) >= 11 is 0. The van der Waals surface area contributed by atoms with Gasteiger partial charge in [-0.2, -0.15) is 0 Å². The molecule has 12 nitrogen and oxygen atoms in total. The summed E-state index contributed by atoms with van der Waals surface area (Å²) in [4.78, 5) is 54.0. The van der Waals surface area contributed by atoms with Gasteiger partial charge in [-0.1, -0.05) is 12.1 Å². The Kier molecular flexibility index (Phi) is 5.99. The number of carbonyl (C=O) groups is 1. The maximum Gasteiger partial charge on any atom is 0.332 e. The molecule has 3 heterocycles. The van der Waals surface area contributed by atoms with Crippen molar-refractivity contribution in [3.63, 3.8) is 0 Å². The van der Waals surface area contributed by atoms with Crippen molar-refractivity contribution in [1.29, 1.82) is 0 Å². The van der Waals surface area contributed by atoms with Crippen molar-refractivity contribution in [2.45, 2.75) is 19.4 Å². The number of hydrogen-bond acceptors (Lipinski definition) is 8. The zero-order chi connectivity index (χ0) is 23.7. The van der Waals surface area contributed by atoms with E-state index in [1.54, 1.807) is 22.8 Å². The Bertz CT molecular complexity index is 1330. The maximum absolute atomic E-state index is 12.5. The molecule has 0 atom stereocenters. The van der Waals surface area contributed by atoms with Crippen LogP contribution in [0, 0.1) is 16.0 Å². The first-order valence-electron chi connectivity index (χ1n) is 10.6. The Morgan fingerprint density at radius 2 is 1.88 bits per heavy atom. The first kappa shape index (κ1) is 22.2. The Balaban J connectivity index is 1.35. The van der Waals surface area contributed by atoms with E-state index < -0.39 is 16.2 Å². The molecule has 0 saturated carbocycles. The number of anilines is 1. The Morgan fingerprint density at radius 1 is 1.18 bits per heavy atom. The molecule has 174 valence electrons. The smallest absolute Gasteiger partial charge is 0.332 e. The van der Waals surface area contributed by atoms with Crippen LogP contribution in [0.3, 0.4) is 0 Å². The van der Waals surface area contributed by atoms with E-state index in [2.05, 4.69) is 4.98 Å². The largest absolute Gasteiger partial charge is 0.464 e. The van der Waals surface area contributed by atoms with E-state index in [4.69, 9.17) is 4.74 Å². The zero-order valence-corrected chi connectivity index (χ0v) is 18.3. The van der Waals surface area contributed by atoms with Gasteiger partial charge in [-0.3, -0.25) is 28.8 Å². The highest BCUT2D eigenvalue weighted by Crippen LogP contribution is 2.31. The molecular formula is C21H24N6O6. The van der Waals surface area contributed by atoms with Gasteiger partial charge in [0.15, 0.2) is 11.2 Å². The summed E-state index contributed by atoms with van der Waals surface area (Å²) in [6.07, 6.45) is 2.51. The lowest BCUT2D eigenvalue weighted by molar-refractivity contribution is -0.384. The van der Waals surface area contributed by atoms with E-state index in [0.29, 0.717) is 31.6 Å². The molecule has 0 N–H and O–H groups in total. The summed E-state index contributed by atoms with van der Waals surface area (Å²) in [5.74, 6) is -0.626. The molecule has 1 aromatic carbocycles. The zero-order valence-electron chi connectivity index (χ0n) is 18.3. The number of rotatable bonds is 6. The van der Waals surface area contributed by atoms with Crippen molar-refractivity contribution in [2.24, 2.45) is 20.0 Å². The van der Waals surface area contributed by atoms with Gasteiger partial charge >= 0.3 is 11.7 Å². The van der Waals surface area contributed by atoms with Crippen LogP contribution < -0.4 is 16.1 Å². The number of nitro benzene ring substituents is 1. The molecule has 2 aromatic heterocycles. The quantitative estimate of drug-likeness (QED) is 0.302. The predicted octanol–water partition coefficient (Wildman–Crippen LogP) is 0.802. The second-order valence-corrected chi connectivity index (χ2v) is 7.99. The number of benzene rings is 1. The lowest BCUT2D eigenvalue weighted by Gasteiger charge is -2.32. The number of piperidine rings is 1. The third-order valence-corrected chi connectivity index (χ3v) is 6.04. The number of aryl methyl sites for hydroxylation is 1. The minimum absolute atomic E-state index is 0.0507. The van der Waals surface area contributed by atoms with Crippen molar-refractivity contribution in [3.05, 3.63) is 61.5 Å². The van der Waals surface area contributed by atoms with Gasteiger partial charge in [0.1, 0.15) is 12.3 Å². The molecule has 1 aliphatic rings. The molecule has 1 saturated heterocycles. The Morgan fingerprint density at radius 3 is 2.58 bits per heavy atom. The molecule has 12 heteroatoms. The number of aromatic nitrogens is 4. The van der Waals surface area contributed by atoms with Gasteiger partial charge in [0, 0.05) is 33.3 Å². The average Bonchev–Trinajstić information content (AvgIpc) is 3.25. The molecule has 0 bridgehead atoms. The van der Waals surface area contributed by atoms with Crippen molar-refractivity contribution < 1.29 is 14.5 Å². The standard InChI is InChI=1S/C21H24N6O6/c1-23-18-17(19(28)24(2)21(23)30)26(13-22-18)11-12-33-20(29)14-7-9-25(10-8-14)15-5-3-4-6-16(15)27(31)32/h3-6,13-14H,7-12H2,1-2H3. The molecule has 4 rings (SSSR count). The number of fused-ring (bicyclic) bond motifs is 1. The fraction of sp³-hybridized carbons (Fsp3) is 0.429. The summed E-state index contributed by atoms with van der Waals surface area (Å²) < 4.78 is 9.32. The van der Waals surface area contributed by atoms with Gasteiger partial charge in [-0.25, -0.2) is 9.78 Å². The van der Waals surface area contributed by atoms with Crippen LogP contribution in [0.4, 0.5) is 11.4 Å². The fourth-order valence-electron chi connectivity index (χ4n) is 4.17. The maximum atomic E-state index is 12.5. The summed E-state index contributed by atoms with van der Waals surface area (Å²) in [5.41, 5.74) is 0.230. The molecule has 0 radical (unpaired) electrons. The number of carbonyl (C=O) groups excluding carboxylic acids is 1. The molecule has 0 spiro atoms. The molecule has 0 amide bonds. The third-order valence-electron chi connectivity index (χ3n) is 6.04. The number of ether oxygens (including phenoxy) is 1. The monoisotopic (exact) mass is 456 g/mol. The predicted molar refractivity (Wildman–Crippen MR) is 119 cm³/mol. The molecular weight excluding hydrogens is 432 g/mol. The highest BCUT2D eigenvalue weighted by molar-refractivity contribution is 5.73. The topological polar surface area (TPSA) is 134 Å². The number of nitro groups is 1. The van der Waals surface area contributed by atoms with Gasteiger partial charge in [0.2, 0.25) is 0 Å². The molecule has 3 aromatic rings. The van der Waals surface area contributed by atoms with Crippen LogP contribution >= 0.6 is 0 Å².